The van der Waals surface area contributed by atoms with Crippen LogP contribution in [0.3, 0.4) is 0 Å². The molecule has 0 aromatic heterocycles. The fraction of sp³-hybridized carbons (Fsp3) is 0.500. The number of nitriles is 1. The third-order valence-corrected chi connectivity index (χ3v) is 4.83. The Hall–Kier alpha value is -2.27. The monoisotopic (exact) mass is 427 g/mol. The predicted molar refractivity (Wildman–Crippen MR) is 97.0 cm³/mol. The van der Waals surface area contributed by atoms with Crippen LogP contribution in [-0.4, -0.2) is 40.4 Å². The number of carbonyl (C=O) groups is 2. The van der Waals surface area contributed by atoms with E-state index in [1.807, 2.05) is 0 Å². The van der Waals surface area contributed by atoms with Gasteiger partial charge in [0.1, 0.15) is 0 Å². The summed E-state index contributed by atoms with van der Waals surface area (Å²) in [7, 11) is 5.58. The van der Waals surface area contributed by atoms with Crippen LogP contribution in [0.2, 0.25) is 0 Å². The second kappa shape index (κ2) is 10.0. The quantitative estimate of drug-likeness (QED) is 0.558. The zero-order valence-corrected chi connectivity index (χ0v) is 16.8. The third-order valence-electron chi connectivity index (χ3n) is 4.17. The molecule has 7 nitrogen and oxygen atoms in total. The van der Waals surface area contributed by atoms with E-state index >= 15 is 0 Å². The molecule has 0 aliphatic carbocycles. The minimum Gasteiger partial charge on any atom is -0.493 e. The van der Waals surface area contributed by atoms with Crippen molar-refractivity contribution < 1.29 is 28.5 Å². The lowest BCUT2D eigenvalue weighted by Gasteiger charge is -2.28. The standard InChI is InChI=1S/C18H22BrNO6/c1-23-14-9-12(13(19)10-15(14)24-2)18(11-20,7-5-16(21)25-3)8-6-17(22)26-4/h9-10H,5-8H2,1-4H3. The van der Waals surface area contributed by atoms with Crippen molar-refractivity contribution in [1.82, 2.24) is 0 Å². The van der Waals surface area contributed by atoms with Gasteiger partial charge in [-0.1, -0.05) is 15.9 Å². The number of hydrogen-bond acceptors (Lipinski definition) is 7. The smallest absolute Gasteiger partial charge is 0.305 e. The molecular formula is C18H22BrNO6. The van der Waals surface area contributed by atoms with E-state index in [4.69, 9.17) is 9.47 Å². The summed E-state index contributed by atoms with van der Waals surface area (Å²) in [6.07, 6.45) is 0.431. The Morgan fingerprint density at radius 1 is 1.00 bits per heavy atom. The number of halogens is 1. The Labute approximate surface area is 161 Å². The molecule has 0 heterocycles. The first-order valence-electron chi connectivity index (χ1n) is 7.84. The van der Waals surface area contributed by atoms with Crippen LogP contribution < -0.4 is 9.47 Å². The maximum atomic E-state index is 11.6. The largest absolute Gasteiger partial charge is 0.493 e. The van der Waals surface area contributed by atoms with Gasteiger partial charge < -0.3 is 18.9 Å². The molecule has 1 rings (SSSR count). The van der Waals surface area contributed by atoms with Crippen LogP contribution in [0.1, 0.15) is 31.2 Å². The van der Waals surface area contributed by atoms with Crippen LogP contribution in [0, 0.1) is 11.3 Å². The van der Waals surface area contributed by atoms with Crippen LogP contribution in [0.15, 0.2) is 16.6 Å². The highest BCUT2D eigenvalue weighted by molar-refractivity contribution is 9.10. The van der Waals surface area contributed by atoms with Crippen molar-refractivity contribution in [2.45, 2.75) is 31.1 Å². The van der Waals surface area contributed by atoms with Crippen molar-refractivity contribution in [2.24, 2.45) is 0 Å². The van der Waals surface area contributed by atoms with E-state index in [9.17, 15) is 14.9 Å². The van der Waals surface area contributed by atoms with E-state index in [0.717, 1.165) is 0 Å². The molecule has 0 saturated heterocycles. The second-order valence-electron chi connectivity index (χ2n) is 5.53. The van der Waals surface area contributed by atoms with Gasteiger partial charge in [-0.3, -0.25) is 9.59 Å². The van der Waals surface area contributed by atoms with E-state index in [-0.39, 0.29) is 25.7 Å². The molecule has 0 radical (unpaired) electrons. The third kappa shape index (κ3) is 5.11. The highest BCUT2D eigenvalue weighted by atomic mass is 79.9. The molecule has 8 heteroatoms. The maximum Gasteiger partial charge on any atom is 0.305 e. The van der Waals surface area contributed by atoms with Crippen molar-refractivity contribution in [3.63, 3.8) is 0 Å². The Balaban J connectivity index is 3.40. The molecule has 0 fully saturated rings. The molecule has 142 valence electrons. The molecule has 0 N–H and O–H groups in total. The van der Waals surface area contributed by atoms with Crippen LogP contribution in [0.25, 0.3) is 0 Å². The topological polar surface area (TPSA) is 94.9 Å². The fourth-order valence-electron chi connectivity index (χ4n) is 2.62. The summed E-state index contributed by atoms with van der Waals surface area (Å²) in [5, 5.41) is 9.97. The average Bonchev–Trinajstić information content (AvgIpc) is 2.67. The molecule has 0 atom stereocenters. The number of esters is 2. The molecule has 0 aliphatic rings. The molecular weight excluding hydrogens is 406 g/mol. The van der Waals surface area contributed by atoms with Gasteiger partial charge in [-0.15, -0.1) is 0 Å². The molecule has 1 aromatic rings. The summed E-state index contributed by atoms with van der Waals surface area (Å²) >= 11 is 3.46. The van der Waals surface area contributed by atoms with Crippen molar-refractivity contribution in [2.75, 3.05) is 28.4 Å². The average molecular weight is 428 g/mol. The zero-order chi connectivity index (χ0) is 19.7. The predicted octanol–water partition coefficient (Wildman–Crippen LogP) is 3.13. The van der Waals surface area contributed by atoms with Gasteiger partial charge in [0, 0.05) is 17.3 Å². The molecule has 1 aromatic carbocycles. The minimum absolute atomic E-state index is 0.0337. The van der Waals surface area contributed by atoms with Crippen LogP contribution >= 0.6 is 15.9 Å². The summed E-state index contributed by atoms with van der Waals surface area (Å²) in [6, 6.07) is 5.65. The van der Waals surface area contributed by atoms with Gasteiger partial charge >= 0.3 is 11.9 Å². The lowest BCUT2D eigenvalue weighted by molar-refractivity contribution is -0.141. The Bertz CT molecular complexity index is 678. The number of hydrogen-bond donors (Lipinski definition) is 0. The number of carbonyl (C=O) groups excluding carboxylic acids is 2. The van der Waals surface area contributed by atoms with E-state index in [1.54, 1.807) is 12.1 Å². The first-order valence-corrected chi connectivity index (χ1v) is 8.63. The first-order chi connectivity index (χ1) is 12.4. The van der Waals surface area contributed by atoms with Gasteiger partial charge in [0.25, 0.3) is 0 Å². The van der Waals surface area contributed by atoms with Crippen molar-refractivity contribution in [1.29, 1.82) is 5.26 Å². The lowest BCUT2D eigenvalue weighted by atomic mass is 9.74. The first kappa shape index (κ1) is 21.8. The summed E-state index contributed by atoms with van der Waals surface area (Å²) in [5.74, 6) is 0.0796. The normalized spacial score (nSPS) is 10.6. The zero-order valence-electron chi connectivity index (χ0n) is 15.3. The number of methoxy groups -OCH3 is 4. The molecule has 0 amide bonds. The van der Waals surface area contributed by atoms with Crippen molar-refractivity contribution in [3.05, 3.63) is 22.2 Å². The van der Waals surface area contributed by atoms with Crippen LogP contribution in [0.5, 0.6) is 11.5 Å². The Kier molecular flexibility index (Phi) is 8.39. The van der Waals surface area contributed by atoms with E-state index in [2.05, 4.69) is 31.5 Å². The second-order valence-corrected chi connectivity index (χ2v) is 6.39. The van der Waals surface area contributed by atoms with Gasteiger partial charge in [0.15, 0.2) is 11.5 Å². The molecule has 0 saturated carbocycles. The molecule has 0 spiro atoms. The Morgan fingerprint density at radius 2 is 1.46 bits per heavy atom. The summed E-state index contributed by atoms with van der Waals surface area (Å²) in [5.41, 5.74) is -0.508. The molecule has 0 aliphatic heterocycles. The summed E-state index contributed by atoms with van der Waals surface area (Å²) in [4.78, 5) is 23.3. The van der Waals surface area contributed by atoms with Gasteiger partial charge in [-0.2, -0.15) is 5.26 Å². The van der Waals surface area contributed by atoms with Gasteiger partial charge in [0.05, 0.1) is 39.9 Å². The molecule has 0 bridgehead atoms. The molecule has 0 unspecified atom stereocenters. The van der Waals surface area contributed by atoms with Crippen LogP contribution in [0.4, 0.5) is 0 Å². The van der Waals surface area contributed by atoms with E-state index < -0.39 is 17.4 Å². The fourth-order valence-corrected chi connectivity index (χ4v) is 3.32. The van der Waals surface area contributed by atoms with Gasteiger partial charge in [0.2, 0.25) is 0 Å². The van der Waals surface area contributed by atoms with E-state index in [0.29, 0.717) is 21.5 Å². The summed E-state index contributed by atoms with van der Waals surface area (Å²) in [6.45, 7) is 0. The minimum atomic E-state index is -1.11. The summed E-state index contributed by atoms with van der Waals surface area (Å²) < 4.78 is 20.6. The number of nitrogens with zero attached hydrogens (tertiary/aromatic N) is 1. The Morgan fingerprint density at radius 3 is 1.85 bits per heavy atom. The number of benzene rings is 1. The van der Waals surface area contributed by atoms with Gasteiger partial charge in [-0.25, -0.2) is 0 Å². The van der Waals surface area contributed by atoms with Gasteiger partial charge in [-0.05, 0) is 30.5 Å². The SMILES string of the molecule is COC(=O)CCC(C#N)(CCC(=O)OC)c1cc(OC)c(OC)cc1Br. The highest BCUT2D eigenvalue weighted by Crippen LogP contribution is 2.43. The van der Waals surface area contributed by atoms with Crippen molar-refractivity contribution >= 4 is 27.9 Å². The number of rotatable bonds is 9. The molecule has 26 heavy (non-hydrogen) atoms. The number of ether oxygens (including phenoxy) is 4. The maximum absolute atomic E-state index is 11.6. The lowest BCUT2D eigenvalue weighted by Crippen LogP contribution is -2.27. The highest BCUT2D eigenvalue weighted by Gasteiger charge is 2.36. The van der Waals surface area contributed by atoms with E-state index in [1.165, 1.54) is 28.4 Å². The van der Waals surface area contributed by atoms with Crippen molar-refractivity contribution in [3.8, 4) is 17.6 Å². The van der Waals surface area contributed by atoms with Crippen LogP contribution in [-0.2, 0) is 24.5 Å².